The lowest BCUT2D eigenvalue weighted by Gasteiger charge is -2.16. The van der Waals surface area contributed by atoms with Crippen LogP contribution < -0.4 is 0 Å². The van der Waals surface area contributed by atoms with Crippen molar-refractivity contribution in [2.75, 3.05) is 46.0 Å². The Morgan fingerprint density at radius 2 is 1.88 bits per heavy atom. The number of aliphatic hydroxyl groups excluding tert-OH is 1. The topological polar surface area (TPSA) is 54.3 Å². The van der Waals surface area contributed by atoms with Crippen LogP contribution in [0.25, 0.3) is 0 Å². The summed E-state index contributed by atoms with van der Waals surface area (Å²) < 4.78 is 10.3. The molecule has 0 radical (unpaired) electrons. The van der Waals surface area contributed by atoms with Crippen molar-refractivity contribution in [3.63, 3.8) is 0 Å². The predicted molar refractivity (Wildman–Crippen MR) is 64.8 cm³/mol. The number of likely N-dealkylation sites (N-methyl/N-ethyl adjacent to an activating group) is 1. The molecule has 5 nitrogen and oxygen atoms in total. The van der Waals surface area contributed by atoms with Gasteiger partial charge < -0.3 is 19.5 Å². The summed E-state index contributed by atoms with van der Waals surface area (Å²) in [6, 6.07) is 0. The van der Waals surface area contributed by atoms with Crippen LogP contribution in [0, 0.1) is 0 Å². The minimum Gasteiger partial charge on any atom is -0.451 e. The van der Waals surface area contributed by atoms with E-state index in [2.05, 4.69) is 23.7 Å². The molecular weight excluding hydrogens is 208 g/mol. The molecule has 96 valence electrons. The highest BCUT2D eigenvalue weighted by Gasteiger charge is 2.01. The fraction of sp³-hybridized carbons (Fsp3) is 0.909. The molecule has 0 heterocycles. The summed E-state index contributed by atoms with van der Waals surface area (Å²) in [6.45, 7) is 10.4. The molecule has 0 aliphatic rings. The monoisotopic (exact) mass is 232 g/mol. The second kappa shape index (κ2) is 10.7. The molecule has 5 heteroatoms. The normalized spacial score (nSPS) is 11.9. The van der Waals surface area contributed by atoms with E-state index in [0.29, 0.717) is 13.2 Å². The standard InChI is InChI=1S/C11H24N2O3/c1-4-13(5-2)8-7-12-11(15-6-3)16-10-9-14/h14H,4-10H2,1-3H3. The zero-order valence-electron chi connectivity index (χ0n) is 10.6. The van der Waals surface area contributed by atoms with E-state index in [0.717, 1.165) is 19.6 Å². The van der Waals surface area contributed by atoms with E-state index >= 15 is 0 Å². The summed E-state index contributed by atoms with van der Waals surface area (Å²) in [5, 5.41) is 8.63. The minimum absolute atomic E-state index is 0.0257. The molecule has 0 amide bonds. The van der Waals surface area contributed by atoms with Gasteiger partial charge in [-0.15, -0.1) is 0 Å². The first-order valence-electron chi connectivity index (χ1n) is 5.91. The highest BCUT2D eigenvalue weighted by molar-refractivity contribution is 5.66. The van der Waals surface area contributed by atoms with Crippen molar-refractivity contribution in [3.8, 4) is 0 Å². The summed E-state index contributed by atoms with van der Waals surface area (Å²) in [7, 11) is 0. The first-order chi connectivity index (χ1) is 7.78. The van der Waals surface area contributed by atoms with Gasteiger partial charge in [-0.05, 0) is 20.0 Å². The highest BCUT2D eigenvalue weighted by Crippen LogP contribution is 1.90. The van der Waals surface area contributed by atoms with Gasteiger partial charge in [0.1, 0.15) is 6.61 Å². The van der Waals surface area contributed by atoms with Gasteiger partial charge in [0, 0.05) is 6.54 Å². The predicted octanol–water partition coefficient (Wildman–Crippen LogP) is 0.730. The van der Waals surface area contributed by atoms with Gasteiger partial charge in [0.2, 0.25) is 0 Å². The Morgan fingerprint density at radius 1 is 1.19 bits per heavy atom. The first kappa shape index (κ1) is 15.2. The lowest BCUT2D eigenvalue weighted by atomic mass is 10.5. The Morgan fingerprint density at radius 3 is 2.38 bits per heavy atom. The molecule has 0 rings (SSSR count). The van der Waals surface area contributed by atoms with E-state index in [9.17, 15) is 0 Å². The van der Waals surface area contributed by atoms with Crippen molar-refractivity contribution in [3.05, 3.63) is 0 Å². The van der Waals surface area contributed by atoms with E-state index in [1.165, 1.54) is 0 Å². The second-order valence-electron chi connectivity index (χ2n) is 3.18. The summed E-state index contributed by atoms with van der Waals surface area (Å²) in [6.07, 6.45) is 0.281. The lowest BCUT2D eigenvalue weighted by molar-refractivity contribution is 0.133. The van der Waals surface area contributed by atoms with E-state index in [-0.39, 0.29) is 19.3 Å². The SMILES string of the molecule is CCOC(=NCCN(CC)CC)OCCO. The third kappa shape index (κ3) is 7.48. The summed E-state index contributed by atoms with van der Waals surface area (Å²) >= 11 is 0. The van der Waals surface area contributed by atoms with Crippen molar-refractivity contribution in [2.45, 2.75) is 20.8 Å². The molecule has 0 aromatic rings. The molecule has 0 saturated carbocycles. The zero-order valence-corrected chi connectivity index (χ0v) is 10.6. The Balaban J connectivity index is 3.91. The minimum atomic E-state index is -0.0257. The number of hydrogen-bond donors (Lipinski definition) is 1. The highest BCUT2D eigenvalue weighted by atomic mass is 16.7. The number of aliphatic imine (C=N–C) groups is 1. The summed E-state index contributed by atoms with van der Waals surface area (Å²) in [5.74, 6) is 0. The van der Waals surface area contributed by atoms with Gasteiger partial charge in [-0.2, -0.15) is 0 Å². The van der Waals surface area contributed by atoms with Crippen LogP contribution in [-0.4, -0.2) is 62.1 Å². The largest absolute Gasteiger partial charge is 0.451 e. The molecular formula is C11H24N2O3. The van der Waals surface area contributed by atoms with Gasteiger partial charge in [0.15, 0.2) is 0 Å². The molecule has 0 saturated heterocycles. The smallest absolute Gasteiger partial charge is 0.383 e. The van der Waals surface area contributed by atoms with Crippen molar-refractivity contribution in [1.82, 2.24) is 4.90 Å². The van der Waals surface area contributed by atoms with Gasteiger partial charge in [0.25, 0.3) is 0 Å². The molecule has 16 heavy (non-hydrogen) atoms. The van der Waals surface area contributed by atoms with E-state index < -0.39 is 0 Å². The summed E-state index contributed by atoms with van der Waals surface area (Å²) in [5.41, 5.74) is 0. The molecule has 0 atom stereocenters. The molecule has 0 bridgehead atoms. The molecule has 0 aromatic heterocycles. The Labute approximate surface area is 98.1 Å². The van der Waals surface area contributed by atoms with Gasteiger partial charge in [0.05, 0.1) is 19.8 Å². The maximum absolute atomic E-state index is 8.63. The van der Waals surface area contributed by atoms with Crippen LogP contribution in [0.5, 0.6) is 0 Å². The van der Waals surface area contributed by atoms with Crippen LogP contribution in [0.4, 0.5) is 0 Å². The van der Waals surface area contributed by atoms with Crippen LogP contribution in [0.1, 0.15) is 20.8 Å². The number of hydrogen-bond acceptors (Lipinski definition) is 5. The van der Waals surface area contributed by atoms with Crippen molar-refractivity contribution < 1.29 is 14.6 Å². The van der Waals surface area contributed by atoms with Gasteiger partial charge in [-0.25, -0.2) is 4.99 Å². The van der Waals surface area contributed by atoms with Gasteiger partial charge in [-0.1, -0.05) is 13.8 Å². The number of aliphatic hydroxyl groups is 1. The summed E-state index contributed by atoms with van der Waals surface area (Å²) in [4.78, 5) is 6.48. The second-order valence-corrected chi connectivity index (χ2v) is 3.18. The van der Waals surface area contributed by atoms with Crippen molar-refractivity contribution in [2.24, 2.45) is 4.99 Å². The van der Waals surface area contributed by atoms with Crippen molar-refractivity contribution in [1.29, 1.82) is 0 Å². The van der Waals surface area contributed by atoms with Gasteiger partial charge >= 0.3 is 6.08 Å². The molecule has 0 aromatic carbocycles. The van der Waals surface area contributed by atoms with Crippen LogP contribution >= 0.6 is 0 Å². The average Bonchev–Trinajstić information content (AvgIpc) is 2.31. The lowest BCUT2D eigenvalue weighted by Crippen LogP contribution is -2.26. The first-order valence-corrected chi connectivity index (χ1v) is 5.91. The van der Waals surface area contributed by atoms with E-state index in [4.69, 9.17) is 14.6 Å². The molecule has 0 spiro atoms. The average molecular weight is 232 g/mol. The van der Waals surface area contributed by atoms with E-state index in [1.807, 2.05) is 6.92 Å². The fourth-order valence-corrected chi connectivity index (χ4v) is 1.21. The number of nitrogens with zero attached hydrogens (tertiary/aromatic N) is 2. The Hall–Kier alpha value is -0.810. The maximum atomic E-state index is 8.63. The third-order valence-corrected chi connectivity index (χ3v) is 2.14. The third-order valence-electron chi connectivity index (χ3n) is 2.14. The van der Waals surface area contributed by atoms with Crippen LogP contribution in [0.15, 0.2) is 4.99 Å². The van der Waals surface area contributed by atoms with Crippen LogP contribution in [0.3, 0.4) is 0 Å². The molecule has 0 unspecified atom stereocenters. The quantitative estimate of drug-likeness (QED) is 0.495. The van der Waals surface area contributed by atoms with Crippen molar-refractivity contribution >= 4 is 6.08 Å². The van der Waals surface area contributed by atoms with Crippen LogP contribution in [-0.2, 0) is 9.47 Å². The molecule has 1 N–H and O–H groups in total. The number of ether oxygens (including phenoxy) is 2. The Bertz CT molecular complexity index is 182. The Kier molecular flexibility index (Phi) is 10.2. The zero-order chi connectivity index (χ0) is 12.2. The van der Waals surface area contributed by atoms with E-state index in [1.54, 1.807) is 0 Å². The van der Waals surface area contributed by atoms with Gasteiger partial charge in [-0.3, -0.25) is 0 Å². The molecule has 0 aliphatic heterocycles. The van der Waals surface area contributed by atoms with Crippen LogP contribution in [0.2, 0.25) is 0 Å². The molecule has 0 fully saturated rings. The molecule has 0 aliphatic carbocycles. The fourth-order valence-electron chi connectivity index (χ4n) is 1.21. The number of rotatable bonds is 8. The maximum Gasteiger partial charge on any atom is 0.383 e.